The van der Waals surface area contributed by atoms with Crippen molar-refractivity contribution >= 4 is 21.3 Å². The smallest absolute Gasteiger partial charge is 0.313 e. The molecule has 0 radical (unpaired) electrons. The maximum Gasteiger partial charge on any atom is 0.313 e. The minimum atomic E-state index is -2.43. The highest BCUT2D eigenvalue weighted by Gasteiger charge is 2.33. The van der Waals surface area contributed by atoms with Crippen molar-refractivity contribution in [2.45, 2.75) is 39.0 Å². The molecule has 98 valence electrons. The number of likely N-dealkylation sites (tertiary alicyclic amines) is 1. The molecule has 0 aliphatic carbocycles. The Morgan fingerprint density at radius 2 is 2.18 bits per heavy atom. The SMILES string of the molecule is CCCCCN1CCCC(C(=O)O)C1=S(=O)=O. The summed E-state index contributed by atoms with van der Waals surface area (Å²) in [5, 5.41) is 9.03. The van der Waals surface area contributed by atoms with Crippen LogP contribution in [0.2, 0.25) is 0 Å². The third-order valence-electron chi connectivity index (χ3n) is 3.03. The van der Waals surface area contributed by atoms with Crippen LogP contribution in [0.15, 0.2) is 0 Å². The zero-order valence-corrected chi connectivity index (χ0v) is 10.9. The average molecular weight is 261 g/mol. The molecule has 5 nitrogen and oxygen atoms in total. The Morgan fingerprint density at radius 3 is 2.71 bits per heavy atom. The van der Waals surface area contributed by atoms with E-state index in [-0.39, 0.29) is 4.99 Å². The molecular formula is C11H19NO4S. The number of nitrogens with zero attached hydrogens (tertiary/aromatic N) is 1. The van der Waals surface area contributed by atoms with Gasteiger partial charge < -0.3 is 5.11 Å². The fourth-order valence-electron chi connectivity index (χ4n) is 2.17. The molecule has 0 aromatic heterocycles. The van der Waals surface area contributed by atoms with Gasteiger partial charge >= 0.3 is 5.97 Å². The Hall–Kier alpha value is -0.880. The fourth-order valence-corrected chi connectivity index (χ4v) is 3.01. The van der Waals surface area contributed by atoms with Crippen molar-refractivity contribution in [3.63, 3.8) is 0 Å². The van der Waals surface area contributed by atoms with E-state index in [1.165, 1.54) is 0 Å². The molecule has 1 atom stereocenters. The highest BCUT2D eigenvalue weighted by molar-refractivity contribution is 7.73. The van der Waals surface area contributed by atoms with Crippen LogP contribution in [0.3, 0.4) is 0 Å². The van der Waals surface area contributed by atoms with Gasteiger partial charge in [0.2, 0.25) is 10.3 Å². The van der Waals surface area contributed by atoms with Crippen molar-refractivity contribution in [3.05, 3.63) is 0 Å². The normalized spacial score (nSPS) is 21.5. The van der Waals surface area contributed by atoms with Gasteiger partial charge in [-0.2, -0.15) is 8.42 Å². The molecule has 1 fully saturated rings. The van der Waals surface area contributed by atoms with Gasteiger partial charge in [-0.25, -0.2) is 0 Å². The molecule has 1 aliphatic rings. The highest BCUT2D eigenvalue weighted by Crippen LogP contribution is 2.19. The number of piperidine rings is 1. The molecule has 1 unspecified atom stereocenters. The minimum Gasteiger partial charge on any atom is -0.481 e. The average Bonchev–Trinajstić information content (AvgIpc) is 2.28. The first-order valence-electron chi connectivity index (χ1n) is 6.01. The molecule has 17 heavy (non-hydrogen) atoms. The molecule has 0 amide bonds. The minimum absolute atomic E-state index is 0.0693. The standard InChI is InChI=1S/C11H19NO4S/c1-2-3-4-7-12-8-5-6-9(11(13)14)10(12)17(15)16/h9H,2-8H2,1H3,(H,13,14). The highest BCUT2D eigenvalue weighted by atomic mass is 32.2. The molecule has 1 saturated heterocycles. The maximum absolute atomic E-state index is 11.2. The lowest BCUT2D eigenvalue weighted by molar-refractivity contribution is -0.140. The lowest BCUT2D eigenvalue weighted by Crippen LogP contribution is -2.45. The molecule has 1 N–H and O–H groups in total. The van der Waals surface area contributed by atoms with E-state index in [4.69, 9.17) is 5.11 Å². The zero-order chi connectivity index (χ0) is 12.8. The predicted molar refractivity (Wildman–Crippen MR) is 65.4 cm³/mol. The van der Waals surface area contributed by atoms with Crippen LogP contribution in [0.4, 0.5) is 0 Å². The van der Waals surface area contributed by atoms with Crippen LogP contribution < -0.4 is 0 Å². The molecular weight excluding hydrogens is 242 g/mol. The van der Waals surface area contributed by atoms with Gasteiger partial charge in [-0.1, -0.05) is 19.8 Å². The van der Waals surface area contributed by atoms with Crippen LogP contribution in [-0.2, 0) is 15.1 Å². The first kappa shape index (κ1) is 14.2. The van der Waals surface area contributed by atoms with Crippen molar-refractivity contribution in [3.8, 4) is 0 Å². The van der Waals surface area contributed by atoms with Gasteiger partial charge in [-0.05, 0) is 19.3 Å². The summed E-state index contributed by atoms with van der Waals surface area (Å²) in [4.78, 5) is 12.8. The third-order valence-corrected chi connectivity index (χ3v) is 3.92. The molecule has 1 rings (SSSR count). The molecule has 6 heteroatoms. The van der Waals surface area contributed by atoms with Gasteiger partial charge in [0.1, 0.15) is 10.9 Å². The van der Waals surface area contributed by atoms with Gasteiger partial charge in [-0.3, -0.25) is 9.69 Å². The Balaban J connectivity index is 2.82. The Kier molecular flexibility index (Phi) is 5.64. The van der Waals surface area contributed by atoms with Crippen LogP contribution in [-0.4, -0.2) is 42.5 Å². The van der Waals surface area contributed by atoms with Crippen LogP contribution in [0, 0.1) is 5.92 Å². The number of hydrogen-bond acceptors (Lipinski definition) is 3. The summed E-state index contributed by atoms with van der Waals surface area (Å²) in [5.41, 5.74) is 0. The van der Waals surface area contributed by atoms with Crippen molar-refractivity contribution in [1.82, 2.24) is 4.90 Å². The van der Waals surface area contributed by atoms with Crippen molar-refractivity contribution < 1.29 is 18.3 Å². The second kappa shape index (κ2) is 6.76. The molecule has 1 aliphatic heterocycles. The number of aliphatic carboxylic acids is 1. The van der Waals surface area contributed by atoms with E-state index in [1.807, 2.05) is 0 Å². The van der Waals surface area contributed by atoms with E-state index in [1.54, 1.807) is 4.90 Å². The summed E-state index contributed by atoms with van der Waals surface area (Å²) in [7, 11) is -2.43. The lowest BCUT2D eigenvalue weighted by Gasteiger charge is -2.30. The summed E-state index contributed by atoms with van der Waals surface area (Å²) >= 11 is 0. The number of carboxylic acids is 1. The summed E-state index contributed by atoms with van der Waals surface area (Å²) in [6.45, 7) is 3.37. The van der Waals surface area contributed by atoms with E-state index in [0.29, 0.717) is 19.5 Å². The summed E-state index contributed by atoms with van der Waals surface area (Å²) in [6.07, 6.45) is 4.16. The topological polar surface area (TPSA) is 74.7 Å². The van der Waals surface area contributed by atoms with E-state index in [9.17, 15) is 13.2 Å². The predicted octanol–water partition coefficient (Wildman–Crippen LogP) is 0.982. The number of carbonyl (C=O) groups is 1. The number of hydrogen-bond donors (Lipinski definition) is 1. The number of rotatable bonds is 5. The lowest BCUT2D eigenvalue weighted by atomic mass is 9.98. The van der Waals surface area contributed by atoms with Crippen molar-refractivity contribution in [1.29, 1.82) is 0 Å². The molecule has 0 aromatic carbocycles. The summed E-state index contributed by atoms with van der Waals surface area (Å²) < 4.78 is 22.3. The largest absolute Gasteiger partial charge is 0.481 e. The Bertz CT molecular complexity index is 394. The van der Waals surface area contributed by atoms with Gasteiger partial charge in [-0.15, -0.1) is 0 Å². The van der Waals surface area contributed by atoms with Gasteiger partial charge in [0.05, 0.1) is 0 Å². The molecule has 0 spiro atoms. The van der Waals surface area contributed by atoms with Gasteiger partial charge in [0.15, 0.2) is 0 Å². The number of unbranched alkanes of at least 4 members (excludes halogenated alkanes) is 2. The van der Waals surface area contributed by atoms with Crippen molar-refractivity contribution in [2.75, 3.05) is 13.1 Å². The van der Waals surface area contributed by atoms with E-state index < -0.39 is 22.2 Å². The van der Waals surface area contributed by atoms with Gasteiger partial charge in [0, 0.05) is 13.1 Å². The number of carboxylic acid groups (broad SMARTS) is 1. The zero-order valence-electron chi connectivity index (χ0n) is 10.1. The second-order valence-corrected chi connectivity index (χ2v) is 5.19. The third kappa shape index (κ3) is 3.81. The second-order valence-electron chi connectivity index (χ2n) is 4.30. The molecule has 0 saturated carbocycles. The maximum atomic E-state index is 11.2. The van der Waals surface area contributed by atoms with E-state index in [0.717, 1.165) is 25.7 Å². The Labute approximate surface area is 103 Å². The monoisotopic (exact) mass is 261 g/mol. The van der Waals surface area contributed by atoms with Crippen LogP contribution in [0.5, 0.6) is 0 Å². The van der Waals surface area contributed by atoms with Gasteiger partial charge in [0.25, 0.3) is 0 Å². The molecule has 1 heterocycles. The first-order valence-corrected chi connectivity index (χ1v) is 7.09. The van der Waals surface area contributed by atoms with Crippen LogP contribution in [0.25, 0.3) is 0 Å². The Morgan fingerprint density at radius 1 is 1.47 bits per heavy atom. The van der Waals surface area contributed by atoms with Crippen LogP contribution >= 0.6 is 0 Å². The summed E-state index contributed by atoms with van der Waals surface area (Å²) in [5.74, 6) is -1.90. The first-order chi connectivity index (χ1) is 8.07. The fraction of sp³-hybridized carbons (Fsp3) is 0.818. The van der Waals surface area contributed by atoms with Crippen LogP contribution in [0.1, 0.15) is 39.0 Å². The van der Waals surface area contributed by atoms with E-state index >= 15 is 0 Å². The molecule has 0 aromatic rings. The summed E-state index contributed by atoms with van der Waals surface area (Å²) in [6, 6.07) is 0. The van der Waals surface area contributed by atoms with E-state index in [2.05, 4.69) is 6.92 Å². The molecule has 0 bridgehead atoms. The quantitative estimate of drug-likeness (QED) is 0.590. The van der Waals surface area contributed by atoms with Crippen molar-refractivity contribution in [2.24, 2.45) is 5.92 Å².